The minimum absolute atomic E-state index is 0.0453. The van der Waals surface area contributed by atoms with Crippen LogP contribution in [-0.2, 0) is 4.79 Å². The van der Waals surface area contributed by atoms with Crippen molar-refractivity contribution in [3.05, 3.63) is 71.0 Å². The zero-order chi connectivity index (χ0) is 22.8. The van der Waals surface area contributed by atoms with Crippen LogP contribution < -0.4 is 0 Å². The lowest BCUT2D eigenvalue weighted by atomic mass is 9.73. The van der Waals surface area contributed by atoms with Gasteiger partial charge in [-0.25, -0.2) is 4.39 Å². The summed E-state index contributed by atoms with van der Waals surface area (Å²) in [6.07, 6.45) is 0. The van der Waals surface area contributed by atoms with E-state index in [4.69, 9.17) is 0 Å². The highest BCUT2D eigenvalue weighted by Gasteiger charge is 2.54. The summed E-state index contributed by atoms with van der Waals surface area (Å²) in [5.74, 6) is 5.26. The Morgan fingerprint density at radius 3 is 2.47 bits per heavy atom. The van der Waals surface area contributed by atoms with Crippen LogP contribution in [0.25, 0.3) is 0 Å². The van der Waals surface area contributed by atoms with Crippen LogP contribution in [0.3, 0.4) is 0 Å². The molecule has 2 aromatic rings. The number of rotatable bonds is 4. The zero-order valence-electron chi connectivity index (χ0n) is 18.2. The Balaban J connectivity index is 1.52. The van der Waals surface area contributed by atoms with Crippen LogP contribution >= 0.6 is 0 Å². The first kappa shape index (κ1) is 22.0. The van der Waals surface area contributed by atoms with Crippen molar-refractivity contribution in [2.75, 3.05) is 40.3 Å². The summed E-state index contributed by atoms with van der Waals surface area (Å²) in [5.41, 5.74) is 2.26. The van der Waals surface area contributed by atoms with Gasteiger partial charge in [0, 0.05) is 23.6 Å². The molecule has 0 spiro atoms. The SMILES string of the molecule is CN(C)CC#Cc1ccc([C@H]2[C@@H](CO)N3C(=O)CN(C(=O)c4ccc(F)cc4)C[C@H]23)cc1. The monoisotopic (exact) mass is 435 g/mol. The number of aliphatic hydroxyl groups is 1. The van der Waals surface area contributed by atoms with E-state index in [1.807, 2.05) is 43.3 Å². The summed E-state index contributed by atoms with van der Waals surface area (Å²) in [7, 11) is 3.93. The number of carbonyl (C=O) groups is 2. The second-order valence-electron chi connectivity index (χ2n) is 8.50. The van der Waals surface area contributed by atoms with E-state index in [1.165, 1.54) is 29.2 Å². The molecule has 0 unspecified atom stereocenters. The predicted molar refractivity (Wildman–Crippen MR) is 118 cm³/mol. The Kier molecular flexibility index (Phi) is 6.26. The van der Waals surface area contributed by atoms with Crippen molar-refractivity contribution < 1.29 is 19.1 Å². The number of fused-ring (bicyclic) bond motifs is 1. The minimum atomic E-state index is -0.415. The van der Waals surface area contributed by atoms with Crippen LogP contribution in [0.2, 0.25) is 0 Å². The van der Waals surface area contributed by atoms with Crippen molar-refractivity contribution in [2.24, 2.45) is 0 Å². The molecule has 2 fully saturated rings. The van der Waals surface area contributed by atoms with Crippen LogP contribution in [0.1, 0.15) is 27.4 Å². The number of piperazine rings is 1. The Morgan fingerprint density at radius 2 is 1.84 bits per heavy atom. The average molecular weight is 435 g/mol. The molecule has 0 aliphatic carbocycles. The topological polar surface area (TPSA) is 64.1 Å². The van der Waals surface area contributed by atoms with Crippen LogP contribution in [0.15, 0.2) is 48.5 Å². The molecular formula is C25H26FN3O3. The smallest absolute Gasteiger partial charge is 0.254 e. The van der Waals surface area contributed by atoms with Crippen molar-refractivity contribution in [3.63, 3.8) is 0 Å². The number of hydrogen-bond donors (Lipinski definition) is 1. The number of benzene rings is 2. The summed E-state index contributed by atoms with van der Waals surface area (Å²) in [4.78, 5) is 30.9. The lowest BCUT2D eigenvalue weighted by molar-refractivity contribution is -0.159. The molecule has 2 aliphatic rings. The summed E-state index contributed by atoms with van der Waals surface area (Å²) in [6.45, 7) is 0.862. The Hall–Kier alpha value is -3.21. The molecule has 3 atom stereocenters. The molecule has 2 aliphatic heterocycles. The van der Waals surface area contributed by atoms with Crippen molar-refractivity contribution in [1.82, 2.24) is 14.7 Å². The van der Waals surface area contributed by atoms with E-state index in [9.17, 15) is 19.1 Å². The molecule has 4 rings (SSSR count). The molecule has 2 saturated heterocycles. The summed E-state index contributed by atoms with van der Waals surface area (Å²) < 4.78 is 13.2. The van der Waals surface area contributed by atoms with Gasteiger partial charge in [-0.15, -0.1) is 0 Å². The molecule has 6 nitrogen and oxygen atoms in total. The quantitative estimate of drug-likeness (QED) is 0.741. The van der Waals surface area contributed by atoms with E-state index in [0.29, 0.717) is 18.7 Å². The van der Waals surface area contributed by atoms with Crippen LogP contribution in [0.4, 0.5) is 4.39 Å². The molecule has 0 bridgehead atoms. The van der Waals surface area contributed by atoms with Gasteiger partial charge in [-0.3, -0.25) is 14.5 Å². The minimum Gasteiger partial charge on any atom is -0.394 e. The van der Waals surface area contributed by atoms with Gasteiger partial charge in [-0.05, 0) is 56.1 Å². The van der Waals surface area contributed by atoms with Gasteiger partial charge in [0.2, 0.25) is 5.91 Å². The number of carbonyl (C=O) groups excluding carboxylic acids is 2. The lowest BCUT2D eigenvalue weighted by Gasteiger charge is -2.58. The third-order valence-electron chi connectivity index (χ3n) is 6.05. The van der Waals surface area contributed by atoms with E-state index in [-0.39, 0.29) is 43.0 Å². The maximum atomic E-state index is 13.2. The lowest BCUT2D eigenvalue weighted by Crippen LogP contribution is -2.73. The molecule has 7 heteroatoms. The molecule has 0 aromatic heterocycles. The van der Waals surface area contributed by atoms with Gasteiger partial charge in [0.1, 0.15) is 12.4 Å². The van der Waals surface area contributed by atoms with Gasteiger partial charge in [0.15, 0.2) is 0 Å². The second kappa shape index (κ2) is 9.11. The predicted octanol–water partition coefficient (Wildman–Crippen LogP) is 1.55. The molecule has 166 valence electrons. The third-order valence-corrected chi connectivity index (χ3v) is 6.05. The fourth-order valence-corrected chi connectivity index (χ4v) is 4.52. The van der Waals surface area contributed by atoms with E-state index in [0.717, 1.165) is 11.1 Å². The van der Waals surface area contributed by atoms with Crippen LogP contribution in [-0.4, -0.2) is 84.0 Å². The van der Waals surface area contributed by atoms with Crippen molar-refractivity contribution in [2.45, 2.75) is 18.0 Å². The first-order valence-corrected chi connectivity index (χ1v) is 10.6. The molecule has 32 heavy (non-hydrogen) atoms. The van der Waals surface area contributed by atoms with Gasteiger partial charge in [0.05, 0.1) is 25.2 Å². The number of aliphatic hydroxyl groups excluding tert-OH is 1. The van der Waals surface area contributed by atoms with Crippen LogP contribution in [0.5, 0.6) is 0 Å². The fraction of sp³-hybridized carbons (Fsp3) is 0.360. The molecule has 2 aromatic carbocycles. The first-order chi connectivity index (χ1) is 15.4. The fourth-order valence-electron chi connectivity index (χ4n) is 4.52. The van der Waals surface area contributed by atoms with E-state index < -0.39 is 5.82 Å². The van der Waals surface area contributed by atoms with Crippen LogP contribution in [0, 0.1) is 17.7 Å². The highest BCUT2D eigenvalue weighted by Crippen LogP contribution is 2.43. The van der Waals surface area contributed by atoms with Crippen molar-refractivity contribution in [1.29, 1.82) is 0 Å². The summed E-state index contributed by atoms with van der Waals surface area (Å²) in [5, 5.41) is 9.94. The molecule has 2 amide bonds. The van der Waals surface area contributed by atoms with E-state index in [1.54, 1.807) is 4.90 Å². The molecular weight excluding hydrogens is 409 g/mol. The number of halogens is 1. The average Bonchev–Trinajstić information content (AvgIpc) is 2.76. The third kappa shape index (κ3) is 4.24. The molecule has 2 heterocycles. The molecule has 0 saturated carbocycles. The van der Waals surface area contributed by atoms with Gasteiger partial charge in [0.25, 0.3) is 5.91 Å². The van der Waals surface area contributed by atoms with E-state index >= 15 is 0 Å². The highest BCUT2D eigenvalue weighted by atomic mass is 19.1. The largest absolute Gasteiger partial charge is 0.394 e. The van der Waals surface area contributed by atoms with E-state index in [2.05, 4.69) is 11.8 Å². The maximum absolute atomic E-state index is 13.2. The van der Waals surface area contributed by atoms with Gasteiger partial charge in [-0.2, -0.15) is 0 Å². The number of hydrogen-bond acceptors (Lipinski definition) is 4. The standard InChI is InChI=1S/C25H26FN3O3/c1-27(2)13-3-4-17-5-7-18(8-6-17)24-21-14-28(15-23(31)29(21)22(24)16-30)25(32)19-9-11-20(26)12-10-19/h5-12,21-22,24,30H,13-16H2,1-2H3/t21-,22-,24-/m1/s1. The van der Waals surface area contributed by atoms with Gasteiger partial charge in [-0.1, -0.05) is 24.0 Å². The van der Waals surface area contributed by atoms with Crippen molar-refractivity contribution >= 4 is 11.8 Å². The zero-order valence-corrected chi connectivity index (χ0v) is 18.2. The highest BCUT2D eigenvalue weighted by molar-refractivity contribution is 5.97. The van der Waals surface area contributed by atoms with Gasteiger partial charge < -0.3 is 14.9 Å². The Bertz CT molecular complexity index is 1060. The Morgan fingerprint density at radius 1 is 1.16 bits per heavy atom. The first-order valence-electron chi connectivity index (χ1n) is 10.6. The molecule has 1 N–H and O–H groups in total. The Labute approximate surface area is 187 Å². The summed E-state index contributed by atoms with van der Waals surface area (Å²) in [6, 6.07) is 12.7. The number of nitrogens with zero attached hydrogens (tertiary/aromatic N) is 3. The summed E-state index contributed by atoms with van der Waals surface area (Å²) >= 11 is 0. The maximum Gasteiger partial charge on any atom is 0.254 e. The van der Waals surface area contributed by atoms with Gasteiger partial charge >= 0.3 is 0 Å². The van der Waals surface area contributed by atoms with Crippen molar-refractivity contribution in [3.8, 4) is 11.8 Å². The normalized spacial score (nSPS) is 22.2. The number of amides is 2. The molecule has 0 radical (unpaired) electrons. The second-order valence-corrected chi connectivity index (χ2v) is 8.50.